The lowest BCUT2D eigenvalue weighted by molar-refractivity contribution is 0.398. The van der Waals surface area contributed by atoms with E-state index < -0.39 is 0 Å². The maximum Gasteiger partial charge on any atom is 0.212 e. The molecule has 0 unspecified atom stereocenters. The second-order valence-electron chi connectivity index (χ2n) is 5.04. The molecule has 22 heavy (non-hydrogen) atoms. The van der Waals surface area contributed by atoms with Crippen LogP contribution in [0.25, 0.3) is 22.6 Å². The molecule has 0 fully saturated rings. The van der Waals surface area contributed by atoms with Crippen LogP contribution in [0.15, 0.2) is 37.1 Å². The average molecular weight is 291 g/mol. The van der Waals surface area contributed by atoms with Gasteiger partial charge in [0.25, 0.3) is 0 Å². The molecule has 3 aromatic heterocycles. The molecule has 0 atom stereocenters. The van der Waals surface area contributed by atoms with Gasteiger partial charge in [0.05, 0.1) is 18.5 Å². The summed E-state index contributed by atoms with van der Waals surface area (Å²) in [5, 5.41) is 0. The minimum atomic E-state index is 0.570. The lowest BCUT2D eigenvalue weighted by Gasteiger charge is -2.17. The molecule has 0 amide bonds. The Kier molecular flexibility index (Phi) is 3.00. The number of hydrogen-bond acceptors (Lipinski definition) is 6. The molecule has 0 saturated heterocycles. The Balaban J connectivity index is 1.81. The fraction of sp³-hybridized carbons (Fsp3) is 0.188. The average Bonchev–Trinajstić information content (AvgIpc) is 2.61. The summed E-state index contributed by atoms with van der Waals surface area (Å²) in [6.45, 7) is 0. The van der Waals surface area contributed by atoms with Gasteiger partial charge in [0.1, 0.15) is 6.33 Å². The fourth-order valence-electron chi connectivity index (χ4n) is 2.60. The van der Waals surface area contributed by atoms with Crippen molar-refractivity contribution in [2.75, 3.05) is 7.11 Å². The third-order valence-corrected chi connectivity index (χ3v) is 3.75. The Labute approximate surface area is 127 Å². The molecule has 0 aliphatic heterocycles. The zero-order chi connectivity index (χ0) is 14.9. The van der Waals surface area contributed by atoms with Crippen LogP contribution in [-0.4, -0.2) is 32.0 Å². The Bertz CT molecular complexity index is 832. The molecule has 0 radical (unpaired) electrons. The molecule has 0 bridgehead atoms. The number of aromatic nitrogens is 5. The van der Waals surface area contributed by atoms with E-state index in [2.05, 4.69) is 19.9 Å². The topological polar surface area (TPSA) is 73.7 Å². The van der Waals surface area contributed by atoms with E-state index in [0.717, 1.165) is 40.9 Å². The zero-order valence-corrected chi connectivity index (χ0v) is 12.0. The Morgan fingerprint density at radius 2 is 1.95 bits per heavy atom. The van der Waals surface area contributed by atoms with E-state index >= 15 is 0 Å². The molecule has 0 spiro atoms. The molecule has 1 aliphatic rings. The van der Waals surface area contributed by atoms with Crippen LogP contribution < -0.4 is 4.74 Å². The quantitative estimate of drug-likeness (QED) is 0.720. The van der Waals surface area contributed by atoms with Gasteiger partial charge < -0.3 is 4.74 Å². The first-order valence-corrected chi connectivity index (χ1v) is 7.01. The summed E-state index contributed by atoms with van der Waals surface area (Å²) in [6.07, 6.45) is 8.81. The van der Waals surface area contributed by atoms with Crippen molar-refractivity contribution >= 4 is 0 Å². The predicted octanol–water partition coefficient (Wildman–Crippen LogP) is 2.10. The first-order valence-electron chi connectivity index (χ1n) is 7.01. The van der Waals surface area contributed by atoms with E-state index in [-0.39, 0.29) is 0 Å². The molecular weight excluding hydrogens is 278 g/mol. The number of ether oxygens (including phenoxy) is 1. The van der Waals surface area contributed by atoms with Crippen molar-refractivity contribution < 1.29 is 4.74 Å². The van der Waals surface area contributed by atoms with Crippen molar-refractivity contribution in [1.82, 2.24) is 24.9 Å². The monoisotopic (exact) mass is 291 g/mol. The van der Waals surface area contributed by atoms with Crippen LogP contribution in [-0.2, 0) is 12.8 Å². The largest absolute Gasteiger partial charge is 0.481 e. The number of hydrogen-bond donors (Lipinski definition) is 0. The highest BCUT2D eigenvalue weighted by Gasteiger charge is 2.20. The third kappa shape index (κ3) is 2.09. The van der Waals surface area contributed by atoms with Crippen molar-refractivity contribution in [3.8, 4) is 28.5 Å². The molecule has 0 N–H and O–H groups in total. The normalized spacial score (nSPS) is 12.4. The third-order valence-electron chi connectivity index (χ3n) is 3.75. The van der Waals surface area contributed by atoms with E-state index in [1.807, 2.05) is 18.5 Å². The number of nitrogens with zero attached hydrogens (tertiary/aromatic N) is 5. The first-order chi connectivity index (χ1) is 10.8. The summed E-state index contributed by atoms with van der Waals surface area (Å²) in [7, 11) is 1.59. The van der Waals surface area contributed by atoms with E-state index in [1.165, 1.54) is 0 Å². The van der Waals surface area contributed by atoms with Gasteiger partial charge in [-0.3, -0.25) is 0 Å². The zero-order valence-electron chi connectivity index (χ0n) is 12.0. The molecule has 1 aliphatic carbocycles. The van der Waals surface area contributed by atoms with Gasteiger partial charge in [0.2, 0.25) is 5.88 Å². The van der Waals surface area contributed by atoms with Crippen LogP contribution in [0, 0.1) is 0 Å². The van der Waals surface area contributed by atoms with Crippen LogP contribution in [0.3, 0.4) is 0 Å². The maximum absolute atomic E-state index is 5.07. The van der Waals surface area contributed by atoms with E-state index in [1.54, 1.807) is 25.7 Å². The highest BCUT2D eigenvalue weighted by molar-refractivity contribution is 5.69. The fourth-order valence-corrected chi connectivity index (χ4v) is 2.60. The van der Waals surface area contributed by atoms with Crippen molar-refractivity contribution in [3.63, 3.8) is 0 Å². The summed E-state index contributed by atoms with van der Waals surface area (Å²) in [4.78, 5) is 21.8. The lowest BCUT2D eigenvalue weighted by atomic mass is 9.94. The number of aryl methyl sites for hydroxylation is 2. The van der Waals surface area contributed by atoms with Crippen molar-refractivity contribution in [2.45, 2.75) is 12.8 Å². The highest BCUT2D eigenvalue weighted by atomic mass is 16.5. The van der Waals surface area contributed by atoms with Crippen LogP contribution in [0.5, 0.6) is 5.88 Å². The number of pyridine rings is 1. The van der Waals surface area contributed by atoms with Gasteiger partial charge in [-0.05, 0) is 24.5 Å². The molecule has 4 rings (SSSR count). The number of rotatable bonds is 2. The summed E-state index contributed by atoms with van der Waals surface area (Å²) < 4.78 is 5.07. The molecule has 6 nitrogen and oxygen atoms in total. The van der Waals surface area contributed by atoms with Gasteiger partial charge in [-0.15, -0.1) is 0 Å². The molecule has 108 valence electrons. The molecule has 6 heteroatoms. The maximum atomic E-state index is 5.07. The Morgan fingerprint density at radius 1 is 1.00 bits per heavy atom. The SMILES string of the molecule is COc1ccc(-c2ncc3c(n2)-c2cncnc2CC3)cn1. The summed E-state index contributed by atoms with van der Waals surface area (Å²) in [5.41, 5.74) is 4.94. The number of methoxy groups -OCH3 is 1. The summed E-state index contributed by atoms with van der Waals surface area (Å²) >= 11 is 0. The molecule has 3 aromatic rings. The predicted molar refractivity (Wildman–Crippen MR) is 80.2 cm³/mol. The van der Waals surface area contributed by atoms with Crippen molar-refractivity contribution in [3.05, 3.63) is 48.3 Å². The Morgan fingerprint density at radius 3 is 2.77 bits per heavy atom. The standard InChI is InChI=1S/C16H13N5O/c1-22-14-5-3-11(7-18-14)16-19-6-10-2-4-13-12(15(10)21-16)8-17-9-20-13/h3,5-9H,2,4H2,1H3. The van der Waals surface area contributed by atoms with E-state index in [9.17, 15) is 0 Å². The van der Waals surface area contributed by atoms with Crippen molar-refractivity contribution in [1.29, 1.82) is 0 Å². The van der Waals surface area contributed by atoms with E-state index in [4.69, 9.17) is 9.72 Å². The van der Waals surface area contributed by atoms with Gasteiger partial charge in [-0.25, -0.2) is 24.9 Å². The Hall–Kier alpha value is -2.89. The van der Waals surface area contributed by atoms with Crippen LogP contribution in [0.1, 0.15) is 11.3 Å². The second-order valence-corrected chi connectivity index (χ2v) is 5.04. The van der Waals surface area contributed by atoms with Gasteiger partial charge in [-0.1, -0.05) is 0 Å². The molecule has 0 aromatic carbocycles. The van der Waals surface area contributed by atoms with Crippen LogP contribution in [0.4, 0.5) is 0 Å². The summed E-state index contributed by atoms with van der Waals surface area (Å²) in [5.74, 6) is 1.21. The van der Waals surface area contributed by atoms with Gasteiger partial charge in [0, 0.05) is 35.8 Å². The van der Waals surface area contributed by atoms with E-state index in [0.29, 0.717) is 11.7 Å². The van der Waals surface area contributed by atoms with Crippen LogP contribution in [0.2, 0.25) is 0 Å². The highest BCUT2D eigenvalue weighted by Crippen LogP contribution is 2.31. The minimum absolute atomic E-state index is 0.570. The lowest BCUT2D eigenvalue weighted by Crippen LogP contribution is -2.09. The molecule has 3 heterocycles. The smallest absolute Gasteiger partial charge is 0.212 e. The van der Waals surface area contributed by atoms with Gasteiger partial charge in [-0.2, -0.15) is 0 Å². The second kappa shape index (κ2) is 5.14. The van der Waals surface area contributed by atoms with Crippen molar-refractivity contribution in [2.24, 2.45) is 0 Å². The van der Waals surface area contributed by atoms with Crippen LogP contribution >= 0.6 is 0 Å². The van der Waals surface area contributed by atoms with Gasteiger partial charge >= 0.3 is 0 Å². The first kappa shape index (κ1) is 12.8. The molecule has 0 saturated carbocycles. The summed E-state index contributed by atoms with van der Waals surface area (Å²) in [6, 6.07) is 3.70. The minimum Gasteiger partial charge on any atom is -0.481 e. The molecular formula is C16H13N5O. The number of fused-ring (bicyclic) bond motifs is 3. The van der Waals surface area contributed by atoms with Gasteiger partial charge in [0.15, 0.2) is 5.82 Å².